The van der Waals surface area contributed by atoms with Crippen molar-refractivity contribution in [2.24, 2.45) is 0 Å². The third-order valence-electron chi connectivity index (χ3n) is 5.47. The van der Waals surface area contributed by atoms with E-state index in [9.17, 15) is 18.0 Å². The molecular formula is C24H32N2O5S. The lowest BCUT2D eigenvalue weighted by Gasteiger charge is -2.17. The number of carbonyl (C=O) groups is 2. The topological polar surface area (TPSA) is 95.3 Å². The molecule has 1 aromatic heterocycles. The predicted molar refractivity (Wildman–Crippen MR) is 125 cm³/mol. The Balaban J connectivity index is 2.79. The Labute approximate surface area is 190 Å². The largest absolute Gasteiger partial charge is 0.407 e. The molecule has 0 saturated carbocycles. The summed E-state index contributed by atoms with van der Waals surface area (Å²) in [5.74, 6) is -0.774. The molecule has 0 atom stereocenters. The summed E-state index contributed by atoms with van der Waals surface area (Å²) >= 11 is 0. The van der Waals surface area contributed by atoms with Gasteiger partial charge in [-0.25, -0.2) is 13.1 Å². The number of ether oxygens (including phenoxy) is 1. The van der Waals surface area contributed by atoms with E-state index in [4.69, 9.17) is 4.74 Å². The van der Waals surface area contributed by atoms with E-state index in [1.165, 1.54) is 19.1 Å². The Morgan fingerprint density at radius 1 is 1.06 bits per heavy atom. The number of aromatic nitrogens is 2. The molecular weight excluding hydrogens is 428 g/mol. The number of carbonyl (C=O) groups excluding carboxylic acids is 2. The highest BCUT2D eigenvalue weighted by atomic mass is 32.2. The lowest BCUT2D eigenvalue weighted by atomic mass is 9.91. The van der Waals surface area contributed by atoms with Crippen LogP contribution >= 0.6 is 0 Å². The highest BCUT2D eigenvalue weighted by molar-refractivity contribution is 7.90. The van der Waals surface area contributed by atoms with Crippen LogP contribution in [-0.4, -0.2) is 36.2 Å². The van der Waals surface area contributed by atoms with Gasteiger partial charge in [0.05, 0.1) is 10.6 Å². The standard InChI is InChI=1S/C24H32N2O5S/c1-9-10-13-26-24(31-18(7)27)22(17(6)25-26)23(28)19-11-12-20(32(8,29)30)21(16(19)5)15(4)14(2)3/h11-12H,9-10,13H2,1-8H3. The van der Waals surface area contributed by atoms with Crippen molar-refractivity contribution >= 4 is 27.2 Å². The molecule has 2 aromatic rings. The number of benzene rings is 1. The van der Waals surface area contributed by atoms with Crippen molar-refractivity contribution in [3.05, 3.63) is 45.7 Å². The van der Waals surface area contributed by atoms with Crippen LogP contribution in [-0.2, 0) is 21.2 Å². The van der Waals surface area contributed by atoms with Gasteiger partial charge in [0.2, 0.25) is 11.7 Å². The molecule has 0 radical (unpaired) electrons. The Hall–Kier alpha value is -2.74. The Kier molecular flexibility index (Phi) is 7.83. The minimum Gasteiger partial charge on any atom is -0.407 e. The Bertz CT molecular complexity index is 1200. The number of hydrogen-bond donors (Lipinski definition) is 0. The Morgan fingerprint density at radius 2 is 1.69 bits per heavy atom. The molecule has 0 spiro atoms. The van der Waals surface area contributed by atoms with Crippen LogP contribution in [0.15, 0.2) is 22.6 Å². The quantitative estimate of drug-likeness (QED) is 0.419. The average Bonchev–Trinajstić information content (AvgIpc) is 2.98. The molecule has 0 unspecified atom stereocenters. The molecule has 0 bridgehead atoms. The first kappa shape index (κ1) is 25.5. The maximum Gasteiger partial charge on any atom is 0.309 e. The monoisotopic (exact) mass is 460 g/mol. The van der Waals surface area contributed by atoms with Crippen molar-refractivity contribution in [2.75, 3.05) is 6.26 Å². The highest BCUT2D eigenvalue weighted by Gasteiger charge is 2.28. The number of aryl methyl sites for hydroxylation is 2. The molecule has 1 aromatic carbocycles. The zero-order valence-electron chi connectivity index (χ0n) is 20.1. The number of ketones is 1. The fourth-order valence-electron chi connectivity index (χ4n) is 3.61. The third-order valence-corrected chi connectivity index (χ3v) is 6.61. The molecule has 174 valence electrons. The first-order chi connectivity index (χ1) is 14.8. The number of hydrogen-bond acceptors (Lipinski definition) is 6. The summed E-state index contributed by atoms with van der Waals surface area (Å²) in [4.78, 5) is 25.6. The van der Waals surface area contributed by atoms with Crippen molar-refractivity contribution in [1.82, 2.24) is 9.78 Å². The van der Waals surface area contributed by atoms with Crippen molar-refractivity contribution in [3.63, 3.8) is 0 Å². The second kappa shape index (κ2) is 9.81. The van der Waals surface area contributed by atoms with Crippen molar-refractivity contribution in [1.29, 1.82) is 0 Å². The zero-order valence-corrected chi connectivity index (χ0v) is 20.9. The number of esters is 1. The highest BCUT2D eigenvalue weighted by Crippen LogP contribution is 2.34. The Morgan fingerprint density at radius 3 is 2.19 bits per heavy atom. The fourth-order valence-corrected chi connectivity index (χ4v) is 4.61. The summed E-state index contributed by atoms with van der Waals surface area (Å²) in [5.41, 5.74) is 3.86. The van der Waals surface area contributed by atoms with Crippen LogP contribution in [0, 0.1) is 13.8 Å². The van der Waals surface area contributed by atoms with E-state index in [1.54, 1.807) is 18.5 Å². The molecule has 0 N–H and O–H groups in total. The van der Waals surface area contributed by atoms with Crippen LogP contribution < -0.4 is 4.74 Å². The summed E-state index contributed by atoms with van der Waals surface area (Å²) in [5, 5.41) is 4.43. The second-order valence-electron chi connectivity index (χ2n) is 8.27. The van der Waals surface area contributed by atoms with Gasteiger partial charge in [0.25, 0.3) is 0 Å². The summed E-state index contributed by atoms with van der Waals surface area (Å²) in [7, 11) is -3.51. The predicted octanol–water partition coefficient (Wildman–Crippen LogP) is 4.67. The maximum atomic E-state index is 13.7. The summed E-state index contributed by atoms with van der Waals surface area (Å²) < 4.78 is 31.8. The van der Waals surface area contributed by atoms with E-state index in [1.807, 2.05) is 27.7 Å². The fraction of sp³-hybridized carbons (Fsp3) is 0.458. The second-order valence-corrected chi connectivity index (χ2v) is 10.3. The van der Waals surface area contributed by atoms with Gasteiger partial charge in [0.15, 0.2) is 9.84 Å². The van der Waals surface area contributed by atoms with E-state index in [2.05, 4.69) is 5.10 Å². The molecule has 0 amide bonds. The van der Waals surface area contributed by atoms with E-state index in [0.717, 1.165) is 30.2 Å². The first-order valence-electron chi connectivity index (χ1n) is 10.6. The smallest absolute Gasteiger partial charge is 0.309 e. The number of allylic oxidation sites excluding steroid dienone is 2. The van der Waals surface area contributed by atoms with Crippen molar-refractivity contribution in [2.45, 2.75) is 72.7 Å². The number of nitrogens with zero attached hydrogens (tertiary/aromatic N) is 2. The zero-order chi connectivity index (χ0) is 24.4. The van der Waals surface area contributed by atoms with Gasteiger partial charge in [-0.15, -0.1) is 0 Å². The molecule has 0 saturated heterocycles. The molecule has 0 aliphatic rings. The summed E-state index contributed by atoms with van der Waals surface area (Å²) in [6.45, 7) is 12.9. The van der Waals surface area contributed by atoms with Gasteiger partial charge in [-0.3, -0.25) is 9.59 Å². The molecule has 0 aliphatic carbocycles. The van der Waals surface area contributed by atoms with Gasteiger partial charge >= 0.3 is 5.97 Å². The van der Waals surface area contributed by atoms with Crippen LogP contribution in [0.25, 0.3) is 5.57 Å². The average molecular weight is 461 g/mol. The molecule has 0 fully saturated rings. The third kappa shape index (κ3) is 5.18. The number of rotatable bonds is 8. The number of unbranched alkanes of at least 4 members (excludes halogenated alkanes) is 1. The van der Waals surface area contributed by atoms with E-state index >= 15 is 0 Å². The minimum atomic E-state index is -3.51. The summed E-state index contributed by atoms with van der Waals surface area (Å²) in [6.07, 6.45) is 2.89. The van der Waals surface area contributed by atoms with Crippen molar-refractivity contribution in [3.8, 4) is 5.88 Å². The summed E-state index contributed by atoms with van der Waals surface area (Å²) in [6, 6.07) is 3.00. The van der Waals surface area contributed by atoms with Crippen LogP contribution in [0.5, 0.6) is 5.88 Å². The lowest BCUT2D eigenvalue weighted by molar-refractivity contribution is -0.132. The van der Waals surface area contributed by atoms with Crippen LogP contribution in [0.4, 0.5) is 0 Å². The first-order valence-corrected chi connectivity index (χ1v) is 12.5. The molecule has 7 nitrogen and oxygen atoms in total. The maximum absolute atomic E-state index is 13.7. The number of sulfone groups is 1. The molecule has 1 heterocycles. The van der Waals surface area contributed by atoms with Gasteiger partial charge in [-0.2, -0.15) is 5.10 Å². The molecule has 2 rings (SSSR count). The van der Waals surface area contributed by atoms with Gasteiger partial charge < -0.3 is 4.74 Å². The SMILES string of the molecule is CCCCn1nc(C)c(C(=O)c2ccc(S(C)(=O)=O)c(C(C)=C(C)C)c2C)c1OC(C)=O. The van der Waals surface area contributed by atoms with Gasteiger partial charge in [-0.05, 0) is 69.9 Å². The van der Waals surface area contributed by atoms with Crippen LogP contribution in [0.1, 0.15) is 80.2 Å². The van der Waals surface area contributed by atoms with E-state index in [-0.39, 0.29) is 22.1 Å². The minimum absolute atomic E-state index is 0.125. The molecule has 8 heteroatoms. The van der Waals surface area contributed by atoms with Gasteiger partial charge in [-0.1, -0.05) is 18.9 Å². The lowest BCUT2D eigenvalue weighted by Crippen LogP contribution is -2.14. The molecule has 0 aliphatic heterocycles. The molecule has 32 heavy (non-hydrogen) atoms. The van der Waals surface area contributed by atoms with Crippen LogP contribution in [0.3, 0.4) is 0 Å². The van der Waals surface area contributed by atoms with Gasteiger partial charge in [0.1, 0.15) is 5.56 Å². The van der Waals surface area contributed by atoms with E-state index < -0.39 is 15.8 Å². The normalized spacial score (nSPS) is 11.4. The van der Waals surface area contributed by atoms with Gasteiger partial charge in [0, 0.05) is 25.3 Å². The van der Waals surface area contributed by atoms with Crippen molar-refractivity contribution < 1.29 is 22.7 Å². The van der Waals surface area contributed by atoms with Crippen LogP contribution in [0.2, 0.25) is 0 Å². The van der Waals surface area contributed by atoms with E-state index in [0.29, 0.717) is 28.9 Å².